The van der Waals surface area contributed by atoms with Crippen LogP contribution in [0.25, 0.3) is 0 Å². The predicted octanol–water partition coefficient (Wildman–Crippen LogP) is 3.72. The van der Waals surface area contributed by atoms with Gasteiger partial charge in [-0.25, -0.2) is 0 Å². The molecule has 1 unspecified atom stereocenters. The van der Waals surface area contributed by atoms with Crippen LogP contribution < -0.4 is 4.74 Å². The summed E-state index contributed by atoms with van der Waals surface area (Å²) in [5.74, 6) is 3.42. The molecule has 2 heterocycles. The quantitative estimate of drug-likeness (QED) is 0.862. The molecule has 4 nitrogen and oxygen atoms in total. The Hall–Kier alpha value is -1.84. The molecule has 0 bridgehead atoms. The SMILES string of the molecule is CC1(C)CC(c2nc(CC3CC3)no2)c2ccccc2O1. The van der Waals surface area contributed by atoms with Gasteiger partial charge < -0.3 is 9.26 Å². The average molecular weight is 284 g/mol. The molecule has 1 aromatic heterocycles. The van der Waals surface area contributed by atoms with Gasteiger partial charge in [0.05, 0.1) is 5.92 Å². The van der Waals surface area contributed by atoms with E-state index in [9.17, 15) is 0 Å². The minimum absolute atomic E-state index is 0.130. The Morgan fingerprint density at radius 1 is 1.24 bits per heavy atom. The van der Waals surface area contributed by atoms with E-state index < -0.39 is 0 Å². The number of fused-ring (bicyclic) bond motifs is 1. The molecule has 2 aliphatic rings. The average Bonchev–Trinajstić information content (AvgIpc) is 3.12. The molecule has 110 valence electrons. The van der Waals surface area contributed by atoms with E-state index in [4.69, 9.17) is 9.26 Å². The van der Waals surface area contributed by atoms with Crippen LogP contribution in [0.2, 0.25) is 0 Å². The lowest BCUT2D eigenvalue weighted by Crippen LogP contribution is -2.35. The van der Waals surface area contributed by atoms with Crippen molar-refractivity contribution < 1.29 is 9.26 Å². The van der Waals surface area contributed by atoms with E-state index in [0.29, 0.717) is 0 Å². The highest BCUT2D eigenvalue weighted by atomic mass is 16.5. The Labute approximate surface area is 124 Å². The van der Waals surface area contributed by atoms with Crippen molar-refractivity contribution >= 4 is 0 Å². The first kappa shape index (κ1) is 12.9. The molecule has 4 rings (SSSR count). The van der Waals surface area contributed by atoms with E-state index in [1.807, 2.05) is 18.2 Å². The number of benzene rings is 1. The fraction of sp³-hybridized carbons (Fsp3) is 0.529. The predicted molar refractivity (Wildman–Crippen MR) is 78.3 cm³/mol. The van der Waals surface area contributed by atoms with Crippen molar-refractivity contribution in [1.29, 1.82) is 0 Å². The molecule has 2 aromatic rings. The highest BCUT2D eigenvalue weighted by Gasteiger charge is 2.37. The number of nitrogens with zero attached hydrogens (tertiary/aromatic N) is 2. The lowest BCUT2D eigenvalue weighted by Gasteiger charge is -2.36. The van der Waals surface area contributed by atoms with Gasteiger partial charge in [-0.05, 0) is 38.7 Å². The van der Waals surface area contributed by atoms with Gasteiger partial charge in [0.1, 0.15) is 11.4 Å². The normalized spacial score (nSPS) is 23.4. The number of ether oxygens (including phenoxy) is 1. The topological polar surface area (TPSA) is 48.2 Å². The van der Waals surface area contributed by atoms with E-state index in [1.54, 1.807) is 0 Å². The molecule has 21 heavy (non-hydrogen) atoms. The molecule has 1 fully saturated rings. The maximum Gasteiger partial charge on any atom is 0.234 e. The highest BCUT2D eigenvalue weighted by Crippen LogP contribution is 2.43. The molecule has 4 heteroatoms. The summed E-state index contributed by atoms with van der Waals surface area (Å²) in [6, 6.07) is 8.16. The van der Waals surface area contributed by atoms with Gasteiger partial charge in [0.15, 0.2) is 5.82 Å². The van der Waals surface area contributed by atoms with Gasteiger partial charge in [-0.1, -0.05) is 23.4 Å². The minimum atomic E-state index is -0.218. The maximum atomic E-state index is 6.06. The van der Waals surface area contributed by atoms with Crippen LogP contribution in [0.3, 0.4) is 0 Å². The lowest BCUT2D eigenvalue weighted by atomic mass is 9.84. The number of aromatic nitrogens is 2. The molecule has 1 aliphatic carbocycles. The molecule has 1 aliphatic heterocycles. The first-order valence-electron chi connectivity index (χ1n) is 7.71. The van der Waals surface area contributed by atoms with Crippen LogP contribution in [-0.2, 0) is 6.42 Å². The molecule has 0 saturated heterocycles. The number of para-hydroxylation sites is 1. The van der Waals surface area contributed by atoms with Crippen molar-refractivity contribution in [2.24, 2.45) is 5.92 Å². The fourth-order valence-corrected chi connectivity index (χ4v) is 3.09. The van der Waals surface area contributed by atoms with E-state index >= 15 is 0 Å². The molecule has 1 atom stereocenters. The third-order valence-electron chi connectivity index (χ3n) is 4.33. The summed E-state index contributed by atoms with van der Waals surface area (Å²) >= 11 is 0. The van der Waals surface area contributed by atoms with Gasteiger partial charge in [0.25, 0.3) is 0 Å². The summed E-state index contributed by atoms with van der Waals surface area (Å²) in [5, 5.41) is 4.17. The molecule has 0 N–H and O–H groups in total. The molecular weight excluding hydrogens is 264 g/mol. The number of hydrogen-bond acceptors (Lipinski definition) is 4. The first-order valence-corrected chi connectivity index (χ1v) is 7.71. The second-order valence-electron chi connectivity index (χ2n) is 6.85. The van der Waals surface area contributed by atoms with Gasteiger partial charge in [-0.15, -0.1) is 0 Å². The standard InChI is InChI=1S/C17H20N2O2/c1-17(2)10-13(12-5-3-4-6-14(12)20-17)16-18-15(19-21-16)9-11-7-8-11/h3-6,11,13H,7-10H2,1-2H3. The third-order valence-corrected chi connectivity index (χ3v) is 4.33. The van der Waals surface area contributed by atoms with Crippen LogP contribution in [0.5, 0.6) is 5.75 Å². The number of rotatable bonds is 3. The van der Waals surface area contributed by atoms with Crippen LogP contribution >= 0.6 is 0 Å². The summed E-state index contributed by atoms with van der Waals surface area (Å²) < 4.78 is 11.6. The molecule has 1 saturated carbocycles. The monoisotopic (exact) mass is 284 g/mol. The Morgan fingerprint density at radius 3 is 2.86 bits per heavy atom. The zero-order valence-corrected chi connectivity index (χ0v) is 12.5. The Bertz CT molecular complexity index is 658. The molecular formula is C17H20N2O2. The van der Waals surface area contributed by atoms with Gasteiger partial charge in [-0.3, -0.25) is 0 Å². The third kappa shape index (κ3) is 2.55. The lowest BCUT2D eigenvalue weighted by molar-refractivity contribution is 0.0725. The van der Waals surface area contributed by atoms with Crippen LogP contribution in [0.15, 0.2) is 28.8 Å². The van der Waals surface area contributed by atoms with Crippen LogP contribution in [-0.4, -0.2) is 15.7 Å². The smallest absolute Gasteiger partial charge is 0.234 e. The van der Waals surface area contributed by atoms with E-state index in [-0.39, 0.29) is 11.5 Å². The van der Waals surface area contributed by atoms with Crippen LogP contribution in [0, 0.1) is 5.92 Å². The van der Waals surface area contributed by atoms with Gasteiger partial charge >= 0.3 is 0 Å². The van der Waals surface area contributed by atoms with E-state index in [0.717, 1.165) is 41.8 Å². The second-order valence-corrected chi connectivity index (χ2v) is 6.85. The van der Waals surface area contributed by atoms with Gasteiger partial charge in [0, 0.05) is 18.4 Å². The molecule has 0 spiro atoms. The van der Waals surface area contributed by atoms with Crippen molar-refractivity contribution in [3.05, 3.63) is 41.5 Å². The van der Waals surface area contributed by atoms with Crippen LogP contribution in [0.1, 0.15) is 56.3 Å². The molecule has 0 radical (unpaired) electrons. The fourth-order valence-electron chi connectivity index (χ4n) is 3.09. The Kier molecular flexibility index (Phi) is 2.81. The Morgan fingerprint density at radius 2 is 2.05 bits per heavy atom. The second kappa shape index (κ2) is 4.58. The number of hydrogen-bond donors (Lipinski definition) is 0. The maximum absolute atomic E-state index is 6.06. The molecule has 0 amide bonds. The largest absolute Gasteiger partial charge is 0.488 e. The van der Waals surface area contributed by atoms with Crippen molar-refractivity contribution in [3.63, 3.8) is 0 Å². The van der Waals surface area contributed by atoms with E-state index in [1.165, 1.54) is 12.8 Å². The zero-order valence-electron chi connectivity index (χ0n) is 12.5. The summed E-state index contributed by atoms with van der Waals surface area (Å²) in [6.07, 6.45) is 4.42. The van der Waals surface area contributed by atoms with E-state index in [2.05, 4.69) is 30.1 Å². The van der Waals surface area contributed by atoms with Crippen LogP contribution in [0.4, 0.5) is 0 Å². The summed E-state index contributed by atoms with van der Waals surface area (Å²) in [4.78, 5) is 4.65. The summed E-state index contributed by atoms with van der Waals surface area (Å²) in [5.41, 5.74) is 0.933. The Balaban J connectivity index is 1.68. The molecule has 1 aromatic carbocycles. The minimum Gasteiger partial charge on any atom is -0.488 e. The van der Waals surface area contributed by atoms with Crippen molar-refractivity contribution in [2.45, 2.75) is 51.0 Å². The van der Waals surface area contributed by atoms with Crippen molar-refractivity contribution in [2.75, 3.05) is 0 Å². The summed E-state index contributed by atoms with van der Waals surface area (Å²) in [6.45, 7) is 4.22. The highest BCUT2D eigenvalue weighted by molar-refractivity contribution is 5.41. The van der Waals surface area contributed by atoms with Gasteiger partial charge in [0.2, 0.25) is 5.89 Å². The van der Waals surface area contributed by atoms with Gasteiger partial charge in [-0.2, -0.15) is 4.98 Å². The van der Waals surface area contributed by atoms with Crippen molar-refractivity contribution in [3.8, 4) is 5.75 Å². The van der Waals surface area contributed by atoms with Crippen molar-refractivity contribution in [1.82, 2.24) is 10.1 Å². The summed E-state index contributed by atoms with van der Waals surface area (Å²) in [7, 11) is 0. The first-order chi connectivity index (χ1) is 10.1. The zero-order chi connectivity index (χ0) is 14.4.